The minimum absolute atomic E-state index is 0.239. The molecule has 3 aliphatic rings. The third kappa shape index (κ3) is 1.00. The first-order chi connectivity index (χ1) is 5.76. The Labute approximate surface area is 72.3 Å². The van der Waals surface area contributed by atoms with Crippen molar-refractivity contribution in [3.05, 3.63) is 0 Å². The van der Waals surface area contributed by atoms with Gasteiger partial charge in [-0.05, 0) is 38.0 Å². The van der Waals surface area contributed by atoms with Crippen LogP contribution in [0.5, 0.6) is 0 Å². The van der Waals surface area contributed by atoms with Gasteiger partial charge in [-0.3, -0.25) is 0 Å². The monoisotopic (exact) mass is 170 g/mol. The Morgan fingerprint density at radius 1 is 1.17 bits per heavy atom. The molecule has 3 aliphatic carbocycles. The van der Waals surface area contributed by atoms with Crippen LogP contribution in [0.1, 0.15) is 38.5 Å². The lowest BCUT2D eigenvalue weighted by Crippen LogP contribution is -2.34. The van der Waals surface area contributed by atoms with Crippen molar-refractivity contribution in [2.75, 3.05) is 0 Å². The average Bonchev–Trinajstić information content (AvgIpc) is 2.62. The van der Waals surface area contributed by atoms with Crippen LogP contribution in [0, 0.1) is 11.8 Å². The molecule has 3 atom stereocenters. The molecule has 0 saturated heterocycles. The largest absolute Gasteiger partial charge is 0.342 e. The van der Waals surface area contributed by atoms with Gasteiger partial charge in [0.15, 0.2) is 0 Å². The highest BCUT2D eigenvalue weighted by Crippen LogP contribution is 2.54. The Hall–Kier alpha value is -0.110. The fourth-order valence-corrected chi connectivity index (χ4v) is 2.82. The molecule has 2 heteroatoms. The van der Waals surface area contributed by atoms with Crippen LogP contribution in [-0.2, 0) is 4.74 Å². The molecular formula is C10H15FO. The number of hydrogen-bond acceptors (Lipinski definition) is 1. The van der Waals surface area contributed by atoms with E-state index in [1.807, 2.05) is 0 Å². The van der Waals surface area contributed by atoms with E-state index in [-0.39, 0.29) is 12.0 Å². The summed E-state index contributed by atoms with van der Waals surface area (Å²) in [6.45, 7) is 0. The van der Waals surface area contributed by atoms with Gasteiger partial charge in [0.25, 0.3) is 0 Å². The minimum Gasteiger partial charge on any atom is -0.342 e. The van der Waals surface area contributed by atoms with Crippen molar-refractivity contribution in [2.45, 2.75) is 50.5 Å². The van der Waals surface area contributed by atoms with Crippen LogP contribution in [0.25, 0.3) is 0 Å². The van der Waals surface area contributed by atoms with Gasteiger partial charge in [0.1, 0.15) is 0 Å². The van der Waals surface area contributed by atoms with Crippen LogP contribution in [0.4, 0.5) is 4.39 Å². The fourth-order valence-electron chi connectivity index (χ4n) is 2.82. The van der Waals surface area contributed by atoms with E-state index in [0.717, 1.165) is 25.7 Å². The van der Waals surface area contributed by atoms with E-state index in [2.05, 4.69) is 0 Å². The highest BCUT2D eigenvalue weighted by molar-refractivity contribution is 4.97. The predicted octanol–water partition coefficient (Wildman–Crippen LogP) is 2.65. The molecule has 3 rings (SSSR count). The number of alkyl halides is 1. The second kappa shape index (κ2) is 2.22. The Kier molecular flexibility index (Phi) is 1.35. The number of ether oxygens (including phenoxy) is 1. The molecule has 68 valence electrons. The zero-order chi connectivity index (χ0) is 8.18. The first kappa shape index (κ1) is 7.31. The lowest BCUT2D eigenvalue weighted by molar-refractivity contribution is -0.185. The van der Waals surface area contributed by atoms with E-state index in [9.17, 15) is 4.39 Å². The van der Waals surface area contributed by atoms with E-state index in [0.29, 0.717) is 12.3 Å². The maximum absolute atomic E-state index is 14.1. The van der Waals surface area contributed by atoms with Gasteiger partial charge < -0.3 is 4.74 Å². The van der Waals surface area contributed by atoms with Crippen molar-refractivity contribution in [3.8, 4) is 0 Å². The first-order valence-corrected chi connectivity index (χ1v) is 5.13. The van der Waals surface area contributed by atoms with Crippen molar-refractivity contribution in [1.82, 2.24) is 0 Å². The molecule has 0 aromatic rings. The zero-order valence-corrected chi connectivity index (χ0v) is 7.26. The van der Waals surface area contributed by atoms with E-state index in [4.69, 9.17) is 4.74 Å². The summed E-state index contributed by atoms with van der Waals surface area (Å²) in [7, 11) is 0. The molecule has 12 heavy (non-hydrogen) atoms. The van der Waals surface area contributed by atoms with Gasteiger partial charge in [-0.1, -0.05) is 0 Å². The van der Waals surface area contributed by atoms with Gasteiger partial charge in [0, 0.05) is 12.3 Å². The van der Waals surface area contributed by atoms with E-state index < -0.39 is 5.85 Å². The maximum atomic E-state index is 14.1. The molecule has 3 saturated carbocycles. The van der Waals surface area contributed by atoms with Crippen LogP contribution < -0.4 is 0 Å². The second-order valence-corrected chi connectivity index (χ2v) is 4.68. The summed E-state index contributed by atoms with van der Waals surface area (Å²) in [5.74, 6) is -0.328. The van der Waals surface area contributed by atoms with Gasteiger partial charge in [-0.25, -0.2) is 4.39 Å². The summed E-state index contributed by atoms with van der Waals surface area (Å²) < 4.78 is 19.6. The standard InChI is InChI=1S/C10H15FO/c11-10(12-9-3-4-9)6-7-1-2-8(10)5-7/h7-9H,1-6H2. The van der Waals surface area contributed by atoms with Crippen molar-refractivity contribution in [1.29, 1.82) is 0 Å². The van der Waals surface area contributed by atoms with Crippen LogP contribution in [-0.4, -0.2) is 12.0 Å². The molecule has 1 nitrogen and oxygen atoms in total. The van der Waals surface area contributed by atoms with Gasteiger partial charge >= 0.3 is 0 Å². The van der Waals surface area contributed by atoms with Crippen molar-refractivity contribution < 1.29 is 9.13 Å². The minimum atomic E-state index is -1.20. The summed E-state index contributed by atoms with van der Waals surface area (Å²) in [6, 6.07) is 0. The molecule has 0 spiro atoms. The summed E-state index contributed by atoms with van der Waals surface area (Å²) in [5, 5.41) is 0. The third-order valence-electron chi connectivity index (χ3n) is 3.60. The van der Waals surface area contributed by atoms with Gasteiger partial charge in [-0.15, -0.1) is 0 Å². The molecule has 0 aromatic carbocycles. The van der Waals surface area contributed by atoms with E-state index >= 15 is 0 Å². The van der Waals surface area contributed by atoms with Crippen LogP contribution in [0.2, 0.25) is 0 Å². The van der Waals surface area contributed by atoms with Crippen molar-refractivity contribution in [3.63, 3.8) is 0 Å². The lowest BCUT2D eigenvalue weighted by atomic mass is 9.95. The number of fused-ring (bicyclic) bond motifs is 2. The molecule has 0 aromatic heterocycles. The van der Waals surface area contributed by atoms with Crippen LogP contribution in [0.3, 0.4) is 0 Å². The summed E-state index contributed by atoms with van der Waals surface area (Å²) in [4.78, 5) is 0. The highest BCUT2D eigenvalue weighted by atomic mass is 19.2. The van der Waals surface area contributed by atoms with Gasteiger partial charge in [0.2, 0.25) is 5.85 Å². The summed E-state index contributed by atoms with van der Waals surface area (Å²) in [6.07, 6.45) is 6.52. The average molecular weight is 170 g/mol. The van der Waals surface area contributed by atoms with Crippen LogP contribution in [0.15, 0.2) is 0 Å². The van der Waals surface area contributed by atoms with Crippen molar-refractivity contribution >= 4 is 0 Å². The Morgan fingerprint density at radius 3 is 2.50 bits per heavy atom. The number of rotatable bonds is 2. The van der Waals surface area contributed by atoms with Crippen LogP contribution >= 0.6 is 0 Å². The third-order valence-corrected chi connectivity index (χ3v) is 3.60. The topological polar surface area (TPSA) is 9.23 Å². The molecule has 0 amide bonds. The van der Waals surface area contributed by atoms with Gasteiger partial charge in [0.05, 0.1) is 6.10 Å². The molecule has 0 heterocycles. The molecule has 0 radical (unpaired) electrons. The smallest absolute Gasteiger partial charge is 0.212 e. The molecule has 0 aliphatic heterocycles. The highest BCUT2D eigenvalue weighted by Gasteiger charge is 2.54. The molecule has 2 bridgehead atoms. The summed E-state index contributed by atoms with van der Waals surface area (Å²) in [5.41, 5.74) is 0. The number of halogens is 1. The number of hydrogen-bond donors (Lipinski definition) is 0. The first-order valence-electron chi connectivity index (χ1n) is 5.13. The summed E-state index contributed by atoms with van der Waals surface area (Å²) >= 11 is 0. The Balaban J connectivity index is 1.73. The quantitative estimate of drug-likeness (QED) is 0.619. The van der Waals surface area contributed by atoms with Crippen molar-refractivity contribution in [2.24, 2.45) is 11.8 Å². The molecule has 0 N–H and O–H groups in total. The fraction of sp³-hybridized carbons (Fsp3) is 1.00. The Morgan fingerprint density at radius 2 is 2.00 bits per heavy atom. The predicted molar refractivity (Wildman–Crippen MR) is 43.4 cm³/mol. The Bertz CT molecular complexity index is 202. The lowest BCUT2D eigenvalue weighted by Gasteiger charge is -2.29. The molecular weight excluding hydrogens is 155 g/mol. The molecule has 3 fully saturated rings. The normalized spacial score (nSPS) is 51.8. The maximum Gasteiger partial charge on any atom is 0.212 e. The molecule has 3 unspecified atom stereocenters. The second-order valence-electron chi connectivity index (χ2n) is 4.68. The zero-order valence-electron chi connectivity index (χ0n) is 7.26. The SMILES string of the molecule is FC1(OC2CC2)CC2CCC1C2. The van der Waals surface area contributed by atoms with Gasteiger partial charge in [-0.2, -0.15) is 0 Å². The van der Waals surface area contributed by atoms with E-state index in [1.165, 1.54) is 6.42 Å². The van der Waals surface area contributed by atoms with E-state index in [1.54, 1.807) is 0 Å².